The van der Waals surface area contributed by atoms with Crippen molar-refractivity contribution in [3.05, 3.63) is 65.1 Å². The van der Waals surface area contributed by atoms with Crippen molar-refractivity contribution < 1.29 is 4.79 Å². The maximum Gasteiger partial charge on any atom is 0.251 e. The summed E-state index contributed by atoms with van der Waals surface area (Å²) in [7, 11) is 2.07. The molecule has 0 unspecified atom stereocenters. The molecule has 0 aliphatic heterocycles. The Hall–Kier alpha value is -2.53. The van der Waals surface area contributed by atoms with Crippen LogP contribution in [0, 0.1) is 0 Å². The largest absolute Gasteiger partial charge is 0.375 e. The van der Waals surface area contributed by atoms with Crippen molar-refractivity contribution in [1.82, 2.24) is 14.7 Å². The first kappa shape index (κ1) is 18.3. The van der Waals surface area contributed by atoms with Crippen molar-refractivity contribution in [3.8, 4) is 0 Å². The second-order valence-electron chi connectivity index (χ2n) is 6.35. The van der Waals surface area contributed by atoms with E-state index in [1.54, 1.807) is 12.3 Å². The molecule has 0 spiro atoms. The molecule has 3 rings (SSSR count). The fourth-order valence-corrected chi connectivity index (χ4v) is 2.94. The summed E-state index contributed by atoms with van der Waals surface area (Å²) in [6.45, 7) is 3.56. The molecular weight excluding hydrogens is 348 g/mol. The number of hydrogen-bond acceptors (Lipinski definition) is 3. The van der Waals surface area contributed by atoms with Crippen LogP contribution in [0.1, 0.15) is 35.8 Å². The van der Waals surface area contributed by atoms with Crippen molar-refractivity contribution in [2.24, 2.45) is 0 Å². The van der Waals surface area contributed by atoms with Crippen molar-refractivity contribution in [2.45, 2.75) is 26.3 Å². The number of fused-ring (bicyclic) bond motifs is 1. The number of imidazole rings is 1. The van der Waals surface area contributed by atoms with Gasteiger partial charge in [0.1, 0.15) is 5.65 Å². The molecular formula is C20H23ClN4O. The molecule has 0 atom stereocenters. The van der Waals surface area contributed by atoms with Gasteiger partial charge in [0, 0.05) is 37.2 Å². The average Bonchev–Trinajstić information content (AvgIpc) is 3.06. The Labute approximate surface area is 158 Å². The average molecular weight is 371 g/mol. The van der Waals surface area contributed by atoms with Crippen LogP contribution < -0.4 is 10.2 Å². The lowest BCUT2D eigenvalue weighted by Gasteiger charge is -2.19. The summed E-state index contributed by atoms with van der Waals surface area (Å²) in [5.41, 5.74) is 3.35. The van der Waals surface area contributed by atoms with E-state index < -0.39 is 0 Å². The molecule has 26 heavy (non-hydrogen) atoms. The minimum atomic E-state index is -0.108. The van der Waals surface area contributed by atoms with Crippen LogP contribution in [-0.2, 0) is 6.54 Å². The summed E-state index contributed by atoms with van der Waals surface area (Å²) in [5, 5.41) is 3.56. The van der Waals surface area contributed by atoms with Crippen LogP contribution in [0.5, 0.6) is 0 Å². The van der Waals surface area contributed by atoms with E-state index in [1.165, 1.54) is 6.42 Å². The molecule has 0 bridgehead atoms. The third-order valence-corrected chi connectivity index (χ3v) is 4.54. The Balaban J connectivity index is 1.60. The molecule has 5 nitrogen and oxygen atoms in total. The summed E-state index contributed by atoms with van der Waals surface area (Å²) >= 11 is 5.98. The van der Waals surface area contributed by atoms with Gasteiger partial charge in [-0.15, -0.1) is 0 Å². The summed E-state index contributed by atoms with van der Waals surface area (Å²) in [4.78, 5) is 19.0. The van der Waals surface area contributed by atoms with E-state index in [1.807, 2.05) is 40.9 Å². The van der Waals surface area contributed by atoms with Gasteiger partial charge in [-0.1, -0.05) is 24.9 Å². The van der Waals surface area contributed by atoms with Crippen molar-refractivity contribution in [3.63, 3.8) is 0 Å². The van der Waals surface area contributed by atoms with Gasteiger partial charge in [-0.2, -0.15) is 0 Å². The summed E-state index contributed by atoms with van der Waals surface area (Å²) in [5.74, 6) is -0.108. The molecule has 2 aromatic heterocycles. The molecule has 6 heteroatoms. The van der Waals surface area contributed by atoms with Crippen LogP contribution in [0.2, 0.25) is 5.02 Å². The molecule has 0 radical (unpaired) electrons. The Bertz CT molecular complexity index is 888. The fraction of sp³-hybridized carbons (Fsp3) is 0.300. The van der Waals surface area contributed by atoms with Gasteiger partial charge in [0.2, 0.25) is 0 Å². The lowest BCUT2D eigenvalue weighted by Crippen LogP contribution is -2.23. The zero-order valence-electron chi connectivity index (χ0n) is 15.1. The number of benzene rings is 1. The lowest BCUT2D eigenvalue weighted by atomic mass is 10.1. The quantitative estimate of drug-likeness (QED) is 0.679. The number of aromatic nitrogens is 2. The van der Waals surface area contributed by atoms with E-state index in [0.29, 0.717) is 17.1 Å². The molecule has 0 saturated heterocycles. The molecule has 1 amide bonds. The van der Waals surface area contributed by atoms with Crippen LogP contribution >= 0.6 is 11.6 Å². The predicted molar refractivity (Wildman–Crippen MR) is 106 cm³/mol. The van der Waals surface area contributed by atoms with Crippen LogP contribution in [0.4, 0.5) is 5.69 Å². The van der Waals surface area contributed by atoms with Gasteiger partial charge in [-0.3, -0.25) is 4.79 Å². The smallest absolute Gasteiger partial charge is 0.251 e. The highest BCUT2D eigenvalue weighted by Crippen LogP contribution is 2.15. The van der Waals surface area contributed by atoms with Crippen LogP contribution in [-0.4, -0.2) is 28.9 Å². The molecule has 1 aromatic carbocycles. The topological polar surface area (TPSA) is 49.6 Å². The van der Waals surface area contributed by atoms with Gasteiger partial charge in [0.25, 0.3) is 5.91 Å². The summed E-state index contributed by atoms with van der Waals surface area (Å²) < 4.78 is 1.85. The lowest BCUT2D eigenvalue weighted by molar-refractivity contribution is 0.0950. The number of nitrogens with zero attached hydrogens (tertiary/aromatic N) is 3. The molecule has 136 valence electrons. The van der Waals surface area contributed by atoms with Crippen molar-refractivity contribution in [2.75, 3.05) is 18.5 Å². The molecule has 0 aliphatic carbocycles. The zero-order valence-corrected chi connectivity index (χ0v) is 15.8. The van der Waals surface area contributed by atoms with Gasteiger partial charge in [0.05, 0.1) is 17.3 Å². The third kappa shape index (κ3) is 4.35. The van der Waals surface area contributed by atoms with E-state index in [9.17, 15) is 4.79 Å². The van der Waals surface area contributed by atoms with E-state index in [-0.39, 0.29) is 5.91 Å². The summed E-state index contributed by atoms with van der Waals surface area (Å²) in [6, 6.07) is 11.3. The Morgan fingerprint density at radius 3 is 2.69 bits per heavy atom. The van der Waals surface area contributed by atoms with Gasteiger partial charge in [-0.25, -0.2) is 4.98 Å². The molecule has 2 heterocycles. The molecule has 1 N–H and O–H groups in total. The van der Waals surface area contributed by atoms with Gasteiger partial charge in [0.15, 0.2) is 0 Å². The molecule has 0 saturated carbocycles. The van der Waals surface area contributed by atoms with E-state index in [2.05, 4.69) is 29.2 Å². The van der Waals surface area contributed by atoms with E-state index in [4.69, 9.17) is 11.6 Å². The summed E-state index contributed by atoms with van der Waals surface area (Å²) in [6.07, 6.45) is 5.99. The first-order valence-corrected chi connectivity index (χ1v) is 9.17. The van der Waals surface area contributed by atoms with Gasteiger partial charge < -0.3 is 14.6 Å². The number of nitrogens with one attached hydrogen (secondary N) is 1. The maximum atomic E-state index is 12.4. The first-order chi connectivity index (χ1) is 12.6. The minimum absolute atomic E-state index is 0.108. The van der Waals surface area contributed by atoms with Crippen molar-refractivity contribution in [1.29, 1.82) is 0 Å². The van der Waals surface area contributed by atoms with E-state index >= 15 is 0 Å². The monoisotopic (exact) mass is 370 g/mol. The number of pyridine rings is 1. The highest BCUT2D eigenvalue weighted by Gasteiger charge is 2.08. The highest BCUT2D eigenvalue weighted by atomic mass is 35.5. The SMILES string of the molecule is CCCCN(C)c1ccc(C(=O)NCc2cn3cc(Cl)ccc3n2)cc1. The number of amides is 1. The second-order valence-corrected chi connectivity index (χ2v) is 6.79. The normalized spacial score (nSPS) is 10.9. The van der Waals surface area contributed by atoms with Crippen LogP contribution in [0.3, 0.4) is 0 Å². The zero-order chi connectivity index (χ0) is 18.5. The number of anilines is 1. The highest BCUT2D eigenvalue weighted by molar-refractivity contribution is 6.30. The van der Waals surface area contributed by atoms with Gasteiger partial charge in [-0.05, 0) is 42.8 Å². The van der Waals surface area contributed by atoms with Crippen molar-refractivity contribution >= 4 is 28.8 Å². The molecule has 0 fully saturated rings. The molecule has 3 aromatic rings. The Morgan fingerprint density at radius 1 is 1.19 bits per heavy atom. The second kappa shape index (κ2) is 8.23. The maximum absolute atomic E-state index is 12.4. The standard InChI is InChI=1S/C20H23ClN4O/c1-3-4-11-24(2)18-8-5-15(6-9-18)20(26)22-12-17-14-25-13-16(21)7-10-19(25)23-17/h5-10,13-14H,3-4,11-12H2,1-2H3,(H,22,26). The van der Waals surface area contributed by atoms with E-state index in [0.717, 1.165) is 30.0 Å². The first-order valence-electron chi connectivity index (χ1n) is 8.79. The number of halogens is 1. The Kier molecular flexibility index (Phi) is 5.78. The minimum Gasteiger partial charge on any atom is -0.375 e. The number of hydrogen-bond donors (Lipinski definition) is 1. The number of carbonyl (C=O) groups excluding carboxylic acids is 1. The van der Waals surface area contributed by atoms with Crippen LogP contribution in [0.25, 0.3) is 5.65 Å². The van der Waals surface area contributed by atoms with Gasteiger partial charge >= 0.3 is 0 Å². The fourth-order valence-electron chi connectivity index (χ4n) is 2.77. The third-order valence-electron chi connectivity index (χ3n) is 4.31. The predicted octanol–water partition coefficient (Wildman–Crippen LogP) is 4.15. The molecule has 0 aliphatic rings. The number of carbonyl (C=O) groups is 1. The van der Waals surface area contributed by atoms with Crippen LogP contribution in [0.15, 0.2) is 48.8 Å². The number of unbranched alkanes of at least 4 members (excludes halogenated alkanes) is 1. The number of rotatable bonds is 7. The Morgan fingerprint density at radius 2 is 1.96 bits per heavy atom.